The minimum atomic E-state index is -0.0337. The smallest absolute Gasteiger partial charge is 0.253 e. The Morgan fingerprint density at radius 3 is 3.13 bits per heavy atom. The summed E-state index contributed by atoms with van der Waals surface area (Å²) in [4.78, 5) is 16.2. The van der Waals surface area contributed by atoms with E-state index in [1.807, 2.05) is 6.92 Å². The van der Waals surface area contributed by atoms with Gasteiger partial charge < -0.3 is 5.32 Å². The van der Waals surface area contributed by atoms with Crippen LogP contribution in [0.2, 0.25) is 5.02 Å². The number of carbonyl (C=O) groups is 1. The summed E-state index contributed by atoms with van der Waals surface area (Å²) in [5.74, 6) is -0.0337. The van der Waals surface area contributed by atoms with Crippen molar-refractivity contribution < 1.29 is 4.79 Å². The molecular weight excluding hydrogens is 212 g/mol. The van der Waals surface area contributed by atoms with Crippen molar-refractivity contribution in [2.45, 2.75) is 32.2 Å². The molecule has 0 aromatic carbocycles. The molecular formula is C11H11ClN2O. The van der Waals surface area contributed by atoms with Gasteiger partial charge in [0.2, 0.25) is 0 Å². The van der Waals surface area contributed by atoms with Crippen molar-refractivity contribution in [3.8, 4) is 0 Å². The second kappa shape index (κ2) is 2.95. The summed E-state index contributed by atoms with van der Waals surface area (Å²) in [6.45, 7) is 1.86. The first-order valence-electron chi connectivity index (χ1n) is 5.18. The van der Waals surface area contributed by atoms with Gasteiger partial charge in [0.05, 0.1) is 22.3 Å². The molecule has 0 saturated heterocycles. The number of nitrogens with one attached hydrogen (secondary N) is 1. The molecule has 1 aromatic heterocycles. The van der Waals surface area contributed by atoms with E-state index in [2.05, 4.69) is 10.3 Å². The average molecular weight is 223 g/mol. The van der Waals surface area contributed by atoms with Gasteiger partial charge in [0, 0.05) is 11.3 Å². The molecule has 78 valence electrons. The highest BCUT2D eigenvalue weighted by Gasteiger charge is 2.36. The molecule has 2 aliphatic rings. The fourth-order valence-corrected chi connectivity index (χ4v) is 2.77. The zero-order chi connectivity index (χ0) is 10.6. The molecule has 0 fully saturated rings. The minimum Gasteiger partial charge on any atom is -0.345 e. The number of amides is 1. The molecule has 3 nitrogen and oxygen atoms in total. The van der Waals surface area contributed by atoms with Crippen molar-refractivity contribution in [1.29, 1.82) is 0 Å². The third-order valence-corrected chi connectivity index (χ3v) is 3.67. The Morgan fingerprint density at radius 1 is 1.53 bits per heavy atom. The number of carbonyl (C=O) groups excluding carboxylic acids is 1. The van der Waals surface area contributed by atoms with E-state index >= 15 is 0 Å². The molecule has 1 aliphatic heterocycles. The highest BCUT2D eigenvalue weighted by molar-refractivity contribution is 6.35. The fourth-order valence-electron chi connectivity index (χ4n) is 2.54. The zero-order valence-electron chi connectivity index (χ0n) is 8.43. The van der Waals surface area contributed by atoms with Gasteiger partial charge in [-0.2, -0.15) is 0 Å². The van der Waals surface area contributed by atoms with Crippen LogP contribution in [0.3, 0.4) is 0 Å². The first kappa shape index (κ1) is 9.16. The van der Waals surface area contributed by atoms with Crippen LogP contribution in [0.25, 0.3) is 0 Å². The van der Waals surface area contributed by atoms with E-state index in [-0.39, 0.29) is 11.9 Å². The number of hydrogen-bond acceptors (Lipinski definition) is 2. The molecule has 4 heteroatoms. The monoisotopic (exact) mass is 222 g/mol. The van der Waals surface area contributed by atoms with Crippen molar-refractivity contribution in [3.63, 3.8) is 0 Å². The predicted molar refractivity (Wildman–Crippen MR) is 57.1 cm³/mol. The fraction of sp³-hybridized carbons (Fsp3) is 0.455. The van der Waals surface area contributed by atoms with Crippen LogP contribution >= 0.6 is 11.6 Å². The first-order chi connectivity index (χ1) is 7.18. The predicted octanol–water partition coefficient (Wildman–Crippen LogP) is 2.16. The third-order valence-electron chi connectivity index (χ3n) is 3.21. The molecule has 15 heavy (non-hydrogen) atoms. The van der Waals surface area contributed by atoms with Crippen molar-refractivity contribution in [1.82, 2.24) is 10.3 Å². The van der Waals surface area contributed by atoms with E-state index in [1.54, 1.807) is 0 Å². The van der Waals surface area contributed by atoms with Crippen LogP contribution in [-0.4, -0.2) is 10.9 Å². The van der Waals surface area contributed by atoms with Crippen molar-refractivity contribution in [2.75, 3.05) is 0 Å². The Hall–Kier alpha value is -1.09. The zero-order valence-corrected chi connectivity index (χ0v) is 9.19. The van der Waals surface area contributed by atoms with Gasteiger partial charge in [-0.25, -0.2) is 0 Å². The number of rotatable bonds is 0. The first-order valence-corrected chi connectivity index (χ1v) is 5.56. The third kappa shape index (κ3) is 1.13. The van der Waals surface area contributed by atoms with Crippen LogP contribution in [0.15, 0.2) is 0 Å². The van der Waals surface area contributed by atoms with Gasteiger partial charge >= 0.3 is 0 Å². The molecule has 1 N–H and O–H groups in total. The SMILES string of the molecule is Cc1nc2c3c(c1Cl)C(=O)NC3CCC2. The summed E-state index contributed by atoms with van der Waals surface area (Å²) >= 11 is 6.13. The lowest BCUT2D eigenvalue weighted by Gasteiger charge is -2.20. The van der Waals surface area contributed by atoms with E-state index < -0.39 is 0 Å². The van der Waals surface area contributed by atoms with Crippen LogP contribution < -0.4 is 5.32 Å². The van der Waals surface area contributed by atoms with Gasteiger partial charge in [0.25, 0.3) is 5.91 Å². The Morgan fingerprint density at radius 2 is 2.33 bits per heavy atom. The Balaban J connectivity index is 2.34. The topological polar surface area (TPSA) is 42.0 Å². The van der Waals surface area contributed by atoms with Gasteiger partial charge in [-0.05, 0) is 26.2 Å². The number of halogens is 1. The lowest BCUT2D eigenvalue weighted by atomic mass is 9.90. The summed E-state index contributed by atoms with van der Waals surface area (Å²) < 4.78 is 0. The van der Waals surface area contributed by atoms with Crippen molar-refractivity contribution >= 4 is 17.5 Å². The van der Waals surface area contributed by atoms with E-state index in [9.17, 15) is 4.79 Å². The molecule has 0 saturated carbocycles. The molecule has 3 rings (SSSR count). The van der Waals surface area contributed by atoms with Gasteiger partial charge in [-0.15, -0.1) is 0 Å². The maximum absolute atomic E-state index is 11.8. The molecule has 2 heterocycles. The second-order valence-corrected chi connectivity index (χ2v) is 4.54. The summed E-state index contributed by atoms with van der Waals surface area (Å²) in [6.07, 6.45) is 3.06. The Bertz CT molecular complexity index is 470. The normalized spacial score (nSPS) is 22.5. The van der Waals surface area contributed by atoms with Gasteiger partial charge in [-0.1, -0.05) is 11.6 Å². The van der Waals surface area contributed by atoms with Crippen molar-refractivity contribution in [2.24, 2.45) is 0 Å². The van der Waals surface area contributed by atoms with Crippen LogP contribution in [0, 0.1) is 6.92 Å². The summed E-state index contributed by atoms with van der Waals surface area (Å²) in [5, 5.41) is 3.49. The molecule has 0 radical (unpaired) electrons. The van der Waals surface area contributed by atoms with E-state index in [0.717, 1.165) is 36.2 Å². The van der Waals surface area contributed by atoms with E-state index in [0.29, 0.717) is 10.6 Å². The second-order valence-electron chi connectivity index (χ2n) is 4.16. The lowest BCUT2D eigenvalue weighted by molar-refractivity contribution is 0.0954. The maximum Gasteiger partial charge on any atom is 0.253 e. The van der Waals surface area contributed by atoms with Crippen LogP contribution in [-0.2, 0) is 6.42 Å². The number of aromatic nitrogens is 1. The van der Waals surface area contributed by atoms with Crippen molar-refractivity contribution in [3.05, 3.63) is 27.5 Å². The summed E-state index contributed by atoms with van der Waals surface area (Å²) in [6, 6.07) is 0.154. The van der Waals surface area contributed by atoms with E-state index in [1.165, 1.54) is 0 Å². The molecule has 1 aliphatic carbocycles. The Kier molecular flexibility index (Phi) is 1.80. The number of aryl methyl sites for hydroxylation is 2. The quantitative estimate of drug-likeness (QED) is 0.731. The standard InChI is InChI=1S/C11H11ClN2O/c1-5-10(12)9-8-6(13-5)3-2-4-7(8)14-11(9)15/h7H,2-4H2,1H3,(H,14,15). The van der Waals surface area contributed by atoms with Gasteiger partial charge in [-0.3, -0.25) is 9.78 Å². The van der Waals surface area contributed by atoms with Gasteiger partial charge in [0.15, 0.2) is 0 Å². The Labute approximate surface area is 92.8 Å². The number of hydrogen-bond donors (Lipinski definition) is 1. The van der Waals surface area contributed by atoms with Crippen LogP contribution in [0.5, 0.6) is 0 Å². The van der Waals surface area contributed by atoms with E-state index in [4.69, 9.17) is 11.6 Å². The van der Waals surface area contributed by atoms with Crippen LogP contribution in [0.1, 0.15) is 46.2 Å². The molecule has 1 amide bonds. The van der Waals surface area contributed by atoms with Crippen LogP contribution in [0.4, 0.5) is 0 Å². The lowest BCUT2D eigenvalue weighted by Crippen LogP contribution is -2.21. The summed E-state index contributed by atoms with van der Waals surface area (Å²) in [7, 11) is 0. The molecule has 1 aromatic rings. The summed E-state index contributed by atoms with van der Waals surface area (Å²) in [5.41, 5.74) is 3.55. The largest absolute Gasteiger partial charge is 0.345 e. The molecule has 1 atom stereocenters. The molecule has 0 bridgehead atoms. The highest BCUT2D eigenvalue weighted by atomic mass is 35.5. The van der Waals surface area contributed by atoms with Gasteiger partial charge in [0.1, 0.15) is 0 Å². The molecule has 1 unspecified atom stereocenters. The number of pyridine rings is 1. The highest BCUT2D eigenvalue weighted by Crippen LogP contribution is 2.39. The minimum absolute atomic E-state index is 0.0337. The average Bonchev–Trinajstić information content (AvgIpc) is 2.53. The maximum atomic E-state index is 11.8. The number of nitrogens with zero attached hydrogens (tertiary/aromatic N) is 1. The molecule has 0 spiro atoms.